The summed E-state index contributed by atoms with van der Waals surface area (Å²) < 4.78 is 38.4. The summed E-state index contributed by atoms with van der Waals surface area (Å²) in [6.45, 7) is 4.91. The summed E-state index contributed by atoms with van der Waals surface area (Å²) in [7, 11) is -2.36. The van der Waals surface area contributed by atoms with Crippen LogP contribution in [0.2, 0.25) is 0 Å². The van der Waals surface area contributed by atoms with Crippen LogP contribution in [0.5, 0.6) is 5.75 Å². The molecule has 3 N–H and O–H groups in total. The summed E-state index contributed by atoms with van der Waals surface area (Å²) in [6, 6.07) is 19.5. The van der Waals surface area contributed by atoms with E-state index in [1.165, 1.54) is 31.2 Å². The molecule has 2 heterocycles. The number of methoxy groups -OCH3 is 1. The smallest absolute Gasteiger partial charge is 0.338 e. The van der Waals surface area contributed by atoms with Gasteiger partial charge in [-0.15, -0.1) is 0 Å². The van der Waals surface area contributed by atoms with Gasteiger partial charge in [0.25, 0.3) is 15.9 Å². The lowest BCUT2D eigenvalue weighted by Crippen LogP contribution is -2.30. The Morgan fingerprint density at radius 1 is 0.884 bits per heavy atom. The number of anilines is 2. The third kappa shape index (κ3) is 6.79. The van der Waals surface area contributed by atoms with Crippen molar-refractivity contribution in [3.05, 3.63) is 89.7 Å². The number of rotatable bonds is 9. The normalized spacial score (nSPS) is 12.0. The van der Waals surface area contributed by atoms with E-state index >= 15 is 0 Å². The minimum absolute atomic E-state index is 0.0325. The molecule has 220 valence electrons. The van der Waals surface area contributed by atoms with Crippen molar-refractivity contribution in [2.45, 2.75) is 31.8 Å². The van der Waals surface area contributed by atoms with E-state index in [0.717, 1.165) is 11.3 Å². The molecule has 0 spiro atoms. The summed E-state index contributed by atoms with van der Waals surface area (Å²) in [6.07, 6.45) is -1.13. The largest absolute Gasteiger partial charge is 0.497 e. The molecule has 2 aromatic heterocycles. The summed E-state index contributed by atoms with van der Waals surface area (Å²) in [5.74, 6) is 0.0465. The summed E-state index contributed by atoms with van der Waals surface area (Å²) in [5, 5.41) is 2.62. The van der Waals surface area contributed by atoms with Gasteiger partial charge in [0, 0.05) is 22.6 Å². The van der Waals surface area contributed by atoms with Gasteiger partial charge in [0.2, 0.25) is 5.95 Å². The molecule has 0 aliphatic carbocycles. The highest BCUT2D eigenvalue weighted by Crippen LogP contribution is 2.24. The molecule has 1 unspecified atom stereocenters. The number of aromatic nitrogens is 4. The monoisotopic (exact) mass is 600 g/mol. The predicted molar refractivity (Wildman–Crippen MR) is 160 cm³/mol. The number of esters is 1. The van der Waals surface area contributed by atoms with Gasteiger partial charge in [-0.1, -0.05) is 0 Å². The minimum atomic E-state index is -3.96. The fourth-order valence-corrected chi connectivity index (χ4v) is 5.16. The number of imidazole rings is 1. The van der Waals surface area contributed by atoms with Crippen LogP contribution in [0.4, 0.5) is 11.6 Å². The lowest BCUT2D eigenvalue weighted by molar-refractivity contribution is -0.123. The second-order valence-corrected chi connectivity index (χ2v) is 11.4. The van der Waals surface area contributed by atoms with Gasteiger partial charge in [-0.2, -0.15) is 0 Å². The average molecular weight is 601 g/mol. The van der Waals surface area contributed by atoms with Crippen LogP contribution in [-0.4, -0.2) is 53.4 Å². The number of carbonyl (C=O) groups excluding carboxylic acids is 2. The lowest BCUT2D eigenvalue weighted by atomic mass is 10.2. The highest BCUT2D eigenvalue weighted by Gasteiger charge is 2.21. The number of fused-ring (bicyclic) bond motifs is 1. The Labute approximate surface area is 247 Å². The Morgan fingerprint density at radius 3 is 2.21 bits per heavy atom. The van der Waals surface area contributed by atoms with Crippen molar-refractivity contribution < 1.29 is 27.5 Å². The van der Waals surface area contributed by atoms with Crippen LogP contribution < -0.4 is 14.8 Å². The molecule has 0 aliphatic rings. The average Bonchev–Trinajstić information content (AvgIpc) is 3.40. The summed E-state index contributed by atoms with van der Waals surface area (Å²) in [4.78, 5) is 41.4. The Hall–Kier alpha value is -5.30. The molecule has 1 amide bonds. The maximum Gasteiger partial charge on any atom is 0.338 e. The van der Waals surface area contributed by atoms with E-state index in [-0.39, 0.29) is 16.4 Å². The van der Waals surface area contributed by atoms with Crippen LogP contribution in [0.1, 0.15) is 28.7 Å². The molecule has 5 rings (SSSR count). The molecule has 13 heteroatoms. The zero-order chi connectivity index (χ0) is 30.7. The van der Waals surface area contributed by atoms with E-state index in [2.05, 4.69) is 30.0 Å². The number of sulfonamides is 1. The standard InChI is InChI=1S/C30H28N6O6S/c1-17-15-18(2)32-30(31-17)36-43(39,40)24-12-8-22(9-13-24)33-28(37)19(3)42-29(38)21-7-14-25-26(16-21)35-27(34-25)20-5-10-23(41-4)11-6-20/h5-16,19H,1-4H3,(H,33,37)(H,34,35)(H,31,32,36). The first-order chi connectivity index (χ1) is 20.5. The molecular formula is C30H28N6O6S. The number of aryl methyl sites for hydroxylation is 2. The number of hydrogen-bond acceptors (Lipinski definition) is 9. The highest BCUT2D eigenvalue weighted by molar-refractivity contribution is 7.92. The van der Waals surface area contributed by atoms with Crippen LogP contribution in [0.3, 0.4) is 0 Å². The number of benzene rings is 3. The Morgan fingerprint density at radius 2 is 1.56 bits per heavy atom. The fraction of sp³-hybridized carbons (Fsp3) is 0.167. The molecule has 0 saturated carbocycles. The van der Waals surface area contributed by atoms with Crippen molar-refractivity contribution >= 4 is 44.6 Å². The molecule has 0 bridgehead atoms. The third-order valence-corrected chi connectivity index (χ3v) is 7.72. The van der Waals surface area contributed by atoms with Gasteiger partial charge < -0.3 is 19.8 Å². The van der Waals surface area contributed by atoms with Gasteiger partial charge in [0.05, 0.1) is 28.6 Å². The van der Waals surface area contributed by atoms with E-state index in [1.54, 1.807) is 45.2 Å². The SMILES string of the molecule is COc1ccc(-c2nc3ccc(C(=O)OC(C)C(=O)Nc4ccc(S(=O)(=O)Nc5nc(C)cc(C)n5)cc4)cc3[nH]2)cc1. The van der Waals surface area contributed by atoms with Gasteiger partial charge in [-0.05, 0) is 93.6 Å². The van der Waals surface area contributed by atoms with Crippen LogP contribution in [0, 0.1) is 13.8 Å². The van der Waals surface area contributed by atoms with Crippen LogP contribution in [-0.2, 0) is 19.6 Å². The minimum Gasteiger partial charge on any atom is -0.497 e. The van der Waals surface area contributed by atoms with Crippen molar-refractivity contribution in [2.24, 2.45) is 0 Å². The number of hydrogen-bond donors (Lipinski definition) is 3. The van der Waals surface area contributed by atoms with E-state index in [4.69, 9.17) is 9.47 Å². The first kappa shape index (κ1) is 29.2. The summed E-state index contributed by atoms with van der Waals surface area (Å²) in [5.41, 5.74) is 3.95. The molecular weight excluding hydrogens is 572 g/mol. The molecule has 1 atom stereocenters. The third-order valence-electron chi connectivity index (χ3n) is 6.37. The maximum atomic E-state index is 12.8. The van der Waals surface area contributed by atoms with Gasteiger partial charge in [-0.25, -0.2) is 32.9 Å². The van der Waals surface area contributed by atoms with Crippen LogP contribution in [0.25, 0.3) is 22.4 Å². The van der Waals surface area contributed by atoms with Crippen molar-refractivity contribution in [3.8, 4) is 17.1 Å². The highest BCUT2D eigenvalue weighted by atomic mass is 32.2. The Bertz CT molecular complexity index is 1900. The molecule has 0 fully saturated rings. The van der Waals surface area contributed by atoms with Crippen LogP contribution in [0.15, 0.2) is 77.7 Å². The summed E-state index contributed by atoms with van der Waals surface area (Å²) >= 11 is 0. The fourth-order valence-electron chi connectivity index (χ4n) is 4.22. The number of aromatic amines is 1. The van der Waals surface area contributed by atoms with E-state index in [0.29, 0.717) is 33.9 Å². The Kier molecular flexibility index (Phi) is 8.08. The van der Waals surface area contributed by atoms with E-state index in [1.807, 2.05) is 24.3 Å². The van der Waals surface area contributed by atoms with Crippen molar-refractivity contribution in [2.75, 3.05) is 17.1 Å². The number of nitrogens with one attached hydrogen (secondary N) is 3. The first-order valence-corrected chi connectivity index (χ1v) is 14.6. The van der Waals surface area contributed by atoms with E-state index < -0.39 is 28.0 Å². The van der Waals surface area contributed by atoms with Gasteiger partial charge in [-0.3, -0.25) is 4.79 Å². The molecule has 0 saturated heterocycles. The molecule has 0 radical (unpaired) electrons. The van der Waals surface area contributed by atoms with Gasteiger partial charge >= 0.3 is 5.97 Å². The topological polar surface area (TPSA) is 165 Å². The number of amides is 1. The second kappa shape index (κ2) is 11.9. The van der Waals surface area contributed by atoms with Crippen molar-refractivity contribution in [1.29, 1.82) is 0 Å². The number of nitrogens with zero attached hydrogens (tertiary/aromatic N) is 3. The number of carbonyl (C=O) groups is 2. The lowest BCUT2D eigenvalue weighted by Gasteiger charge is -2.14. The Balaban J connectivity index is 1.20. The van der Waals surface area contributed by atoms with Crippen molar-refractivity contribution in [3.63, 3.8) is 0 Å². The van der Waals surface area contributed by atoms with E-state index in [9.17, 15) is 18.0 Å². The molecule has 43 heavy (non-hydrogen) atoms. The predicted octanol–water partition coefficient (Wildman–Crippen LogP) is 4.63. The van der Waals surface area contributed by atoms with Crippen LogP contribution >= 0.6 is 0 Å². The molecule has 5 aromatic rings. The molecule has 3 aromatic carbocycles. The number of H-pyrrole nitrogens is 1. The molecule has 12 nitrogen and oxygen atoms in total. The molecule has 0 aliphatic heterocycles. The quantitative estimate of drug-likeness (QED) is 0.205. The van der Waals surface area contributed by atoms with Crippen molar-refractivity contribution in [1.82, 2.24) is 19.9 Å². The number of ether oxygens (including phenoxy) is 2. The zero-order valence-corrected chi connectivity index (χ0v) is 24.5. The maximum absolute atomic E-state index is 12.8. The van der Waals surface area contributed by atoms with Gasteiger partial charge in [0.15, 0.2) is 6.10 Å². The first-order valence-electron chi connectivity index (χ1n) is 13.1. The zero-order valence-electron chi connectivity index (χ0n) is 23.7. The van der Waals surface area contributed by atoms with Gasteiger partial charge in [0.1, 0.15) is 11.6 Å². The second-order valence-electron chi connectivity index (χ2n) is 9.69.